The van der Waals surface area contributed by atoms with Gasteiger partial charge in [0, 0.05) is 11.9 Å². The van der Waals surface area contributed by atoms with Gasteiger partial charge >= 0.3 is 0 Å². The number of aromatic nitrogens is 1. The number of nitrogens with zero attached hydrogens (tertiary/aromatic N) is 1. The Labute approximate surface area is 123 Å². The van der Waals surface area contributed by atoms with Crippen molar-refractivity contribution in [3.05, 3.63) is 38.9 Å². The fraction of sp³-hybridized carbons (Fsp3) is 0.250. The van der Waals surface area contributed by atoms with E-state index in [9.17, 15) is 9.59 Å². The van der Waals surface area contributed by atoms with Gasteiger partial charge in [-0.2, -0.15) is 0 Å². The Morgan fingerprint density at radius 1 is 1.58 bits per heavy atom. The molecule has 19 heavy (non-hydrogen) atoms. The molecule has 0 unspecified atom stereocenters. The number of allylic oxidation sites excluding steroid dienone is 1. The number of amides is 2. The fourth-order valence-electron chi connectivity index (χ4n) is 1.13. The van der Waals surface area contributed by atoms with Crippen LogP contribution in [0.15, 0.2) is 33.2 Å². The summed E-state index contributed by atoms with van der Waals surface area (Å²) in [5, 5.41) is 6.78. The molecule has 2 amide bonds. The van der Waals surface area contributed by atoms with Crippen molar-refractivity contribution in [1.29, 1.82) is 0 Å². The van der Waals surface area contributed by atoms with Crippen LogP contribution in [-0.2, 0) is 4.79 Å². The SMILES string of the molecule is C=C(C)CNC(=O)/C(=C/C)NC(=O)c1csc(Br)n1. The highest BCUT2D eigenvalue weighted by molar-refractivity contribution is 9.11. The van der Waals surface area contributed by atoms with Crippen LogP contribution in [0.4, 0.5) is 0 Å². The Hall–Kier alpha value is -1.47. The molecule has 0 radical (unpaired) electrons. The lowest BCUT2D eigenvalue weighted by Gasteiger charge is -2.09. The summed E-state index contributed by atoms with van der Waals surface area (Å²) in [6, 6.07) is 0. The van der Waals surface area contributed by atoms with Crippen LogP contribution in [0, 0.1) is 0 Å². The number of carbonyl (C=O) groups is 2. The van der Waals surface area contributed by atoms with Crippen molar-refractivity contribution >= 4 is 39.1 Å². The average Bonchev–Trinajstić information content (AvgIpc) is 2.79. The predicted molar refractivity (Wildman–Crippen MR) is 78.9 cm³/mol. The highest BCUT2D eigenvalue weighted by Gasteiger charge is 2.15. The summed E-state index contributed by atoms with van der Waals surface area (Å²) in [6.07, 6.45) is 1.53. The Balaban J connectivity index is 2.65. The van der Waals surface area contributed by atoms with Crippen molar-refractivity contribution in [1.82, 2.24) is 15.6 Å². The minimum Gasteiger partial charge on any atom is -0.347 e. The Bertz CT molecular complexity index is 537. The minimum atomic E-state index is -0.416. The first kappa shape index (κ1) is 15.6. The van der Waals surface area contributed by atoms with Crippen molar-refractivity contribution in [2.45, 2.75) is 13.8 Å². The van der Waals surface area contributed by atoms with Gasteiger partial charge in [-0.25, -0.2) is 4.98 Å². The van der Waals surface area contributed by atoms with Gasteiger partial charge in [0.25, 0.3) is 11.8 Å². The lowest BCUT2D eigenvalue weighted by atomic mass is 10.3. The van der Waals surface area contributed by atoms with Crippen LogP contribution in [0.3, 0.4) is 0 Å². The largest absolute Gasteiger partial charge is 0.347 e. The van der Waals surface area contributed by atoms with Crippen molar-refractivity contribution in [3.63, 3.8) is 0 Å². The maximum absolute atomic E-state index is 11.8. The van der Waals surface area contributed by atoms with Gasteiger partial charge in [0.15, 0.2) is 3.92 Å². The molecule has 1 aromatic heterocycles. The molecule has 0 saturated heterocycles. The zero-order valence-electron chi connectivity index (χ0n) is 10.6. The van der Waals surface area contributed by atoms with E-state index in [1.165, 1.54) is 17.4 Å². The van der Waals surface area contributed by atoms with Gasteiger partial charge < -0.3 is 10.6 Å². The maximum Gasteiger partial charge on any atom is 0.275 e. The van der Waals surface area contributed by atoms with Gasteiger partial charge in [0.1, 0.15) is 11.4 Å². The number of thiazole rings is 1. The zero-order valence-corrected chi connectivity index (χ0v) is 13.0. The van der Waals surface area contributed by atoms with Crippen LogP contribution in [-0.4, -0.2) is 23.3 Å². The van der Waals surface area contributed by atoms with E-state index in [0.717, 1.165) is 5.57 Å². The number of rotatable bonds is 5. The summed E-state index contributed by atoms with van der Waals surface area (Å²) < 4.78 is 0.617. The van der Waals surface area contributed by atoms with E-state index < -0.39 is 5.91 Å². The van der Waals surface area contributed by atoms with E-state index in [1.807, 2.05) is 0 Å². The first-order valence-corrected chi connectivity index (χ1v) is 7.12. The molecule has 0 fully saturated rings. The molecular weight excluding hydrogens is 330 g/mol. The third-order valence-electron chi connectivity index (χ3n) is 2.04. The Kier molecular flexibility index (Phi) is 5.91. The predicted octanol–water partition coefficient (Wildman–Crippen LogP) is 2.23. The second-order valence-electron chi connectivity index (χ2n) is 3.78. The number of nitrogens with one attached hydrogen (secondary N) is 2. The van der Waals surface area contributed by atoms with E-state index >= 15 is 0 Å². The number of carbonyl (C=O) groups excluding carboxylic acids is 2. The second kappa shape index (κ2) is 7.20. The van der Waals surface area contributed by atoms with Crippen molar-refractivity contribution in [3.8, 4) is 0 Å². The second-order valence-corrected chi connectivity index (χ2v) is 5.92. The molecule has 0 aromatic carbocycles. The van der Waals surface area contributed by atoms with E-state index in [1.54, 1.807) is 19.2 Å². The van der Waals surface area contributed by atoms with Gasteiger partial charge in [-0.1, -0.05) is 18.2 Å². The van der Waals surface area contributed by atoms with Gasteiger partial charge in [0.05, 0.1) is 0 Å². The molecular formula is C12H14BrN3O2S. The monoisotopic (exact) mass is 343 g/mol. The summed E-state index contributed by atoms with van der Waals surface area (Å²) in [7, 11) is 0. The lowest BCUT2D eigenvalue weighted by Crippen LogP contribution is -2.35. The van der Waals surface area contributed by atoms with Crippen LogP contribution >= 0.6 is 27.3 Å². The maximum atomic E-state index is 11.8. The van der Waals surface area contributed by atoms with Crippen LogP contribution < -0.4 is 10.6 Å². The van der Waals surface area contributed by atoms with Crippen LogP contribution in [0.25, 0.3) is 0 Å². The number of hydrogen-bond acceptors (Lipinski definition) is 4. The fourth-order valence-corrected chi connectivity index (χ4v) is 2.12. The molecule has 0 aliphatic rings. The summed E-state index contributed by atoms with van der Waals surface area (Å²) in [6.45, 7) is 7.54. The van der Waals surface area contributed by atoms with Crippen molar-refractivity contribution in [2.24, 2.45) is 0 Å². The molecule has 0 spiro atoms. The summed E-state index contributed by atoms with van der Waals surface area (Å²) in [4.78, 5) is 27.6. The molecule has 0 aliphatic carbocycles. The number of hydrogen-bond donors (Lipinski definition) is 2. The van der Waals surface area contributed by atoms with Gasteiger partial charge in [-0.3, -0.25) is 9.59 Å². The first-order valence-electron chi connectivity index (χ1n) is 5.45. The molecule has 0 aliphatic heterocycles. The highest BCUT2D eigenvalue weighted by atomic mass is 79.9. The molecule has 2 N–H and O–H groups in total. The molecule has 0 bridgehead atoms. The quantitative estimate of drug-likeness (QED) is 0.636. The minimum absolute atomic E-state index is 0.190. The number of halogens is 1. The van der Waals surface area contributed by atoms with Gasteiger partial charge in [-0.15, -0.1) is 11.3 Å². The van der Waals surface area contributed by atoms with E-state index in [0.29, 0.717) is 10.5 Å². The van der Waals surface area contributed by atoms with Crippen LogP contribution in [0.5, 0.6) is 0 Å². The van der Waals surface area contributed by atoms with Gasteiger partial charge in [0.2, 0.25) is 0 Å². The molecule has 102 valence electrons. The van der Waals surface area contributed by atoms with Crippen molar-refractivity contribution < 1.29 is 9.59 Å². The molecule has 1 heterocycles. The van der Waals surface area contributed by atoms with Gasteiger partial charge in [-0.05, 0) is 29.8 Å². The Morgan fingerprint density at radius 2 is 2.26 bits per heavy atom. The van der Waals surface area contributed by atoms with Crippen molar-refractivity contribution in [2.75, 3.05) is 6.54 Å². The lowest BCUT2D eigenvalue weighted by molar-refractivity contribution is -0.117. The molecule has 5 nitrogen and oxygen atoms in total. The van der Waals surface area contributed by atoms with Crippen LogP contribution in [0.2, 0.25) is 0 Å². The van der Waals surface area contributed by atoms with E-state index in [4.69, 9.17) is 0 Å². The zero-order chi connectivity index (χ0) is 14.4. The third-order valence-corrected chi connectivity index (χ3v) is 3.41. The molecule has 0 atom stereocenters. The molecule has 1 rings (SSSR count). The Morgan fingerprint density at radius 3 is 2.74 bits per heavy atom. The smallest absolute Gasteiger partial charge is 0.275 e. The summed E-state index contributed by atoms with van der Waals surface area (Å²) in [5.74, 6) is -0.770. The first-order chi connectivity index (χ1) is 8.93. The van der Waals surface area contributed by atoms with E-state index in [-0.39, 0.29) is 17.3 Å². The third kappa shape index (κ3) is 4.96. The summed E-state index contributed by atoms with van der Waals surface area (Å²) in [5.41, 5.74) is 1.29. The normalized spacial score (nSPS) is 11.0. The standard InChI is InChI=1S/C12H14BrN3O2S/c1-4-8(10(17)14-5-7(2)3)15-11(18)9-6-19-12(13)16-9/h4,6H,2,5H2,1,3H3,(H,14,17)(H,15,18)/b8-4-. The summed E-state index contributed by atoms with van der Waals surface area (Å²) >= 11 is 4.48. The van der Waals surface area contributed by atoms with Crippen LogP contribution in [0.1, 0.15) is 24.3 Å². The average molecular weight is 344 g/mol. The topological polar surface area (TPSA) is 71.1 Å². The van der Waals surface area contributed by atoms with E-state index in [2.05, 4.69) is 38.1 Å². The molecule has 0 saturated carbocycles. The highest BCUT2D eigenvalue weighted by Crippen LogP contribution is 2.15. The molecule has 1 aromatic rings. The molecule has 7 heteroatoms.